The summed E-state index contributed by atoms with van der Waals surface area (Å²) in [5.41, 5.74) is 0.676. The fourth-order valence-corrected chi connectivity index (χ4v) is 4.97. The molecule has 2 fully saturated rings. The first-order chi connectivity index (χ1) is 15.6. The molecule has 168 valence electrons. The van der Waals surface area contributed by atoms with Crippen LogP contribution >= 0.6 is 0 Å². The van der Waals surface area contributed by atoms with E-state index in [1.807, 2.05) is 19.1 Å². The van der Waals surface area contributed by atoms with E-state index < -0.39 is 6.10 Å². The minimum atomic E-state index is -0.502. The van der Waals surface area contributed by atoms with Crippen LogP contribution < -0.4 is 15.8 Å². The summed E-state index contributed by atoms with van der Waals surface area (Å²) in [5.74, 6) is 2.31. The number of aryl methyl sites for hydroxylation is 1. The van der Waals surface area contributed by atoms with Crippen molar-refractivity contribution in [2.75, 3.05) is 23.3 Å². The van der Waals surface area contributed by atoms with Gasteiger partial charge in [-0.3, -0.25) is 9.78 Å². The summed E-state index contributed by atoms with van der Waals surface area (Å²) in [4.78, 5) is 28.0. The second-order valence-electron chi connectivity index (χ2n) is 8.78. The summed E-state index contributed by atoms with van der Waals surface area (Å²) < 4.78 is 1.50. The summed E-state index contributed by atoms with van der Waals surface area (Å²) in [5, 5.41) is 19.5. The Morgan fingerprint density at radius 3 is 2.88 bits per heavy atom. The van der Waals surface area contributed by atoms with Crippen LogP contribution in [0.15, 0.2) is 35.4 Å². The zero-order chi connectivity index (χ0) is 22.1. The smallest absolute Gasteiger partial charge is 0.267 e. The molecule has 0 spiro atoms. The summed E-state index contributed by atoms with van der Waals surface area (Å²) in [6.45, 7) is 3.48. The lowest BCUT2D eigenvalue weighted by Crippen LogP contribution is -2.45. The van der Waals surface area contributed by atoms with Crippen LogP contribution in [-0.4, -0.2) is 55.1 Å². The number of nitrogens with one attached hydrogen (secondary N) is 1. The van der Waals surface area contributed by atoms with Gasteiger partial charge in [0.15, 0.2) is 0 Å². The molecule has 0 aromatic carbocycles. The van der Waals surface area contributed by atoms with Crippen LogP contribution in [0.5, 0.6) is 0 Å². The normalized spacial score (nSPS) is 23.6. The molecule has 3 atom stereocenters. The maximum atomic E-state index is 12.5. The molecule has 2 aliphatic rings. The van der Waals surface area contributed by atoms with Crippen molar-refractivity contribution >= 4 is 22.5 Å². The van der Waals surface area contributed by atoms with Crippen molar-refractivity contribution in [1.29, 1.82) is 0 Å². The molecule has 3 unspecified atom stereocenters. The fourth-order valence-electron chi connectivity index (χ4n) is 4.97. The van der Waals surface area contributed by atoms with Gasteiger partial charge in [-0.15, -0.1) is 0 Å². The van der Waals surface area contributed by atoms with Gasteiger partial charge in [-0.1, -0.05) is 0 Å². The lowest BCUT2D eigenvalue weighted by Gasteiger charge is -2.37. The van der Waals surface area contributed by atoms with Crippen molar-refractivity contribution < 1.29 is 5.11 Å². The lowest BCUT2D eigenvalue weighted by atomic mass is 10.0. The van der Waals surface area contributed by atoms with Gasteiger partial charge in [0.05, 0.1) is 23.9 Å². The van der Waals surface area contributed by atoms with Crippen molar-refractivity contribution in [3.63, 3.8) is 0 Å². The predicted octanol–water partition coefficient (Wildman–Crippen LogP) is 2.45. The molecule has 1 saturated heterocycles. The maximum Gasteiger partial charge on any atom is 0.267 e. The molecule has 2 N–H and O–H groups in total. The van der Waals surface area contributed by atoms with Gasteiger partial charge in [-0.25, -0.2) is 14.6 Å². The van der Waals surface area contributed by atoms with Crippen LogP contribution in [0.2, 0.25) is 0 Å². The summed E-state index contributed by atoms with van der Waals surface area (Å²) in [6, 6.07) is 5.32. The van der Waals surface area contributed by atoms with Gasteiger partial charge in [0.25, 0.3) is 5.56 Å². The number of aliphatic hydroxyl groups is 1. The summed E-state index contributed by atoms with van der Waals surface area (Å²) in [7, 11) is 0. The number of aromatic nitrogens is 5. The molecular formula is C23H29N7O2. The molecule has 0 amide bonds. The molecule has 32 heavy (non-hydrogen) atoms. The average Bonchev–Trinajstić information content (AvgIpc) is 3.23. The largest absolute Gasteiger partial charge is 0.391 e. The molecule has 9 heteroatoms. The third-order valence-corrected chi connectivity index (χ3v) is 6.61. The summed E-state index contributed by atoms with van der Waals surface area (Å²) >= 11 is 0. The van der Waals surface area contributed by atoms with Gasteiger partial charge in [0.2, 0.25) is 0 Å². The number of rotatable bonds is 5. The van der Waals surface area contributed by atoms with Crippen LogP contribution in [0.25, 0.3) is 10.9 Å². The van der Waals surface area contributed by atoms with Gasteiger partial charge in [0.1, 0.15) is 17.5 Å². The highest BCUT2D eigenvalue weighted by atomic mass is 16.3. The van der Waals surface area contributed by atoms with Gasteiger partial charge in [-0.2, -0.15) is 5.10 Å². The molecule has 5 rings (SSSR count). The highest BCUT2D eigenvalue weighted by molar-refractivity contribution is 5.88. The first-order valence-electron chi connectivity index (χ1n) is 11.5. The van der Waals surface area contributed by atoms with Gasteiger partial charge in [-0.05, 0) is 57.6 Å². The highest BCUT2D eigenvalue weighted by Crippen LogP contribution is 2.30. The Balaban J connectivity index is 1.39. The van der Waals surface area contributed by atoms with E-state index >= 15 is 0 Å². The molecule has 0 bridgehead atoms. The zero-order valence-corrected chi connectivity index (χ0v) is 18.3. The Kier molecular flexibility index (Phi) is 5.73. The SMILES string of the molecule is Cc1nc(NCC2CCCCN2c2ccc(=O)n(C3CCCC3O)n2)c2ccncc2n1. The molecular weight excluding hydrogens is 406 g/mol. The van der Waals surface area contributed by atoms with E-state index in [0.29, 0.717) is 12.4 Å². The Labute approximate surface area is 186 Å². The van der Waals surface area contributed by atoms with Crippen molar-refractivity contribution in [2.45, 2.75) is 63.6 Å². The van der Waals surface area contributed by atoms with E-state index in [2.05, 4.69) is 25.2 Å². The number of anilines is 2. The number of aliphatic hydroxyl groups excluding tert-OH is 1. The highest BCUT2D eigenvalue weighted by Gasteiger charge is 2.30. The molecule has 1 saturated carbocycles. The van der Waals surface area contributed by atoms with Crippen LogP contribution in [0.1, 0.15) is 50.4 Å². The monoisotopic (exact) mass is 435 g/mol. The zero-order valence-electron chi connectivity index (χ0n) is 18.3. The van der Waals surface area contributed by atoms with Crippen molar-refractivity contribution in [1.82, 2.24) is 24.7 Å². The number of pyridine rings is 1. The minimum Gasteiger partial charge on any atom is -0.391 e. The van der Waals surface area contributed by atoms with E-state index in [1.54, 1.807) is 18.5 Å². The third-order valence-electron chi connectivity index (χ3n) is 6.61. The predicted molar refractivity (Wildman–Crippen MR) is 123 cm³/mol. The second kappa shape index (κ2) is 8.82. The number of piperidine rings is 1. The standard InChI is InChI=1S/C23H29N7O2/c1-15-26-18-14-24-11-10-17(18)23(27-15)25-13-16-5-2-3-12-29(16)21-8-9-22(32)30(28-21)19-6-4-7-20(19)31/h8-11,14,16,19-20,31H,2-7,12-13H2,1H3,(H,25,26,27). The van der Waals surface area contributed by atoms with E-state index in [1.165, 1.54) is 4.68 Å². The van der Waals surface area contributed by atoms with Crippen LogP contribution in [-0.2, 0) is 0 Å². The second-order valence-corrected chi connectivity index (χ2v) is 8.78. The quantitative estimate of drug-likeness (QED) is 0.629. The van der Waals surface area contributed by atoms with E-state index in [-0.39, 0.29) is 17.6 Å². The van der Waals surface area contributed by atoms with Gasteiger partial charge in [0, 0.05) is 36.8 Å². The first-order valence-corrected chi connectivity index (χ1v) is 11.5. The van der Waals surface area contributed by atoms with Crippen molar-refractivity contribution in [3.8, 4) is 0 Å². The van der Waals surface area contributed by atoms with Crippen LogP contribution in [0.3, 0.4) is 0 Å². The van der Waals surface area contributed by atoms with Crippen LogP contribution in [0.4, 0.5) is 11.6 Å². The maximum absolute atomic E-state index is 12.5. The van der Waals surface area contributed by atoms with E-state index in [4.69, 9.17) is 5.10 Å². The Morgan fingerprint density at radius 2 is 2.03 bits per heavy atom. The Bertz CT molecular complexity index is 1160. The van der Waals surface area contributed by atoms with Gasteiger partial charge < -0.3 is 15.3 Å². The molecule has 0 radical (unpaired) electrons. The molecule has 1 aliphatic carbocycles. The average molecular weight is 436 g/mol. The summed E-state index contributed by atoms with van der Waals surface area (Å²) in [6.07, 6.45) is 8.71. The van der Waals surface area contributed by atoms with Crippen molar-refractivity contribution in [2.24, 2.45) is 0 Å². The molecule has 1 aliphatic heterocycles. The number of fused-ring (bicyclic) bond motifs is 1. The fraction of sp³-hybridized carbons (Fsp3) is 0.522. The number of hydrogen-bond acceptors (Lipinski definition) is 8. The molecule has 9 nitrogen and oxygen atoms in total. The Morgan fingerprint density at radius 1 is 1.12 bits per heavy atom. The van der Waals surface area contributed by atoms with Crippen molar-refractivity contribution in [3.05, 3.63) is 46.8 Å². The first kappa shape index (κ1) is 20.8. The minimum absolute atomic E-state index is 0.150. The Hall–Kier alpha value is -3.07. The number of hydrogen-bond donors (Lipinski definition) is 2. The number of nitrogens with zero attached hydrogens (tertiary/aromatic N) is 6. The third kappa shape index (κ3) is 4.04. The topological polar surface area (TPSA) is 109 Å². The van der Waals surface area contributed by atoms with Gasteiger partial charge >= 0.3 is 0 Å². The molecule has 3 aromatic heterocycles. The lowest BCUT2D eigenvalue weighted by molar-refractivity contribution is 0.127. The van der Waals surface area contributed by atoms with Crippen LogP contribution in [0, 0.1) is 6.92 Å². The molecule has 3 aromatic rings. The van der Waals surface area contributed by atoms with E-state index in [9.17, 15) is 9.90 Å². The van der Waals surface area contributed by atoms with E-state index in [0.717, 1.165) is 67.6 Å². The molecule has 4 heterocycles.